The van der Waals surface area contributed by atoms with Crippen LogP contribution in [-0.2, 0) is 5.41 Å². The normalized spacial score (nSPS) is 29.4. The highest BCUT2D eigenvalue weighted by Gasteiger charge is 2.51. The molecule has 1 saturated carbocycles. The highest BCUT2D eigenvalue weighted by atomic mass is 32.1. The lowest BCUT2D eigenvalue weighted by Gasteiger charge is -2.21. The van der Waals surface area contributed by atoms with E-state index in [0.717, 1.165) is 12.5 Å². The van der Waals surface area contributed by atoms with Gasteiger partial charge in [-0.1, -0.05) is 6.92 Å². The summed E-state index contributed by atoms with van der Waals surface area (Å²) in [5.41, 5.74) is 0.700. The second-order valence-corrected chi connectivity index (χ2v) is 7.65. The molecule has 1 aliphatic rings. The monoisotopic (exact) mass is 237 g/mol. The number of rotatable bonds is 3. The summed E-state index contributed by atoms with van der Waals surface area (Å²) in [4.78, 5) is 3.01. The third-order valence-electron chi connectivity index (χ3n) is 3.59. The van der Waals surface area contributed by atoms with Crippen molar-refractivity contribution in [2.24, 2.45) is 5.92 Å². The van der Waals surface area contributed by atoms with Crippen molar-refractivity contribution in [2.75, 3.05) is 6.54 Å². The summed E-state index contributed by atoms with van der Waals surface area (Å²) >= 11 is 1.97. The second-order valence-electron chi connectivity index (χ2n) is 6.36. The standard InChI is InChI=1S/C14H23NS/c1-10-6-7-12(16-10)14(5)8-11(14)9-15-13(2,3)4/h6-7,11,15H,8-9H2,1-5H3. The molecule has 1 fully saturated rings. The molecule has 1 heterocycles. The molecule has 1 aliphatic carbocycles. The molecule has 1 N–H and O–H groups in total. The molecule has 0 aromatic carbocycles. The van der Waals surface area contributed by atoms with Crippen LogP contribution in [0.3, 0.4) is 0 Å². The first-order chi connectivity index (χ1) is 7.31. The highest BCUT2D eigenvalue weighted by Crippen LogP contribution is 2.55. The van der Waals surface area contributed by atoms with Crippen LogP contribution in [-0.4, -0.2) is 12.1 Å². The average Bonchev–Trinajstić information content (AvgIpc) is 2.59. The minimum absolute atomic E-state index is 0.245. The summed E-state index contributed by atoms with van der Waals surface area (Å²) in [7, 11) is 0. The number of hydrogen-bond acceptors (Lipinski definition) is 2. The average molecular weight is 237 g/mol. The van der Waals surface area contributed by atoms with Gasteiger partial charge >= 0.3 is 0 Å². The lowest BCUT2D eigenvalue weighted by atomic mass is 10.0. The van der Waals surface area contributed by atoms with E-state index >= 15 is 0 Å². The molecule has 1 aromatic heterocycles. The van der Waals surface area contributed by atoms with Gasteiger partial charge in [0, 0.05) is 20.7 Å². The first kappa shape index (κ1) is 12.1. The van der Waals surface area contributed by atoms with E-state index in [1.807, 2.05) is 11.3 Å². The molecule has 2 atom stereocenters. The highest BCUT2D eigenvalue weighted by molar-refractivity contribution is 7.12. The van der Waals surface area contributed by atoms with Gasteiger partial charge in [0.25, 0.3) is 0 Å². The van der Waals surface area contributed by atoms with Crippen LogP contribution in [0.4, 0.5) is 0 Å². The molecule has 0 radical (unpaired) electrons. The second kappa shape index (κ2) is 3.85. The quantitative estimate of drug-likeness (QED) is 0.845. The number of aryl methyl sites for hydroxylation is 1. The predicted octanol–water partition coefficient (Wildman–Crippen LogP) is 3.72. The van der Waals surface area contributed by atoms with Gasteiger partial charge in [-0.25, -0.2) is 0 Å². The number of hydrogen-bond donors (Lipinski definition) is 1. The minimum atomic E-state index is 0.245. The molecular weight excluding hydrogens is 214 g/mol. The maximum absolute atomic E-state index is 3.62. The Kier molecular flexibility index (Phi) is 2.92. The Balaban J connectivity index is 1.94. The summed E-state index contributed by atoms with van der Waals surface area (Å²) in [6.07, 6.45) is 1.34. The van der Waals surface area contributed by atoms with Gasteiger partial charge in [-0.15, -0.1) is 11.3 Å². The molecule has 0 saturated heterocycles. The Labute approximate surface area is 103 Å². The van der Waals surface area contributed by atoms with Crippen molar-refractivity contribution in [3.8, 4) is 0 Å². The van der Waals surface area contributed by atoms with Crippen LogP contribution in [0.5, 0.6) is 0 Å². The van der Waals surface area contributed by atoms with Crippen LogP contribution in [0.1, 0.15) is 43.9 Å². The van der Waals surface area contributed by atoms with Crippen molar-refractivity contribution in [3.05, 3.63) is 21.9 Å². The Hall–Kier alpha value is -0.340. The van der Waals surface area contributed by atoms with Crippen LogP contribution < -0.4 is 5.32 Å². The van der Waals surface area contributed by atoms with Crippen molar-refractivity contribution >= 4 is 11.3 Å². The van der Waals surface area contributed by atoms with E-state index in [-0.39, 0.29) is 5.54 Å². The topological polar surface area (TPSA) is 12.0 Å². The molecule has 1 aromatic rings. The zero-order valence-electron chi connectivity index (χ0n) is 11.1. The van der Waals surface area contributed by atoms with E-state index in [1.165, 1.54) is 11.3 Å². The molecule has 2 rings (SSSR count). The molecule has 90 valence electrons. The molecule has 0 spiro atoms. The van der Waals surface area contributed by atoms with E-state index < -0.39 is 0 Å². The predicted molar refractivity (Wildman–Crippen MR) is 72.3 cm³/mol. The van der Waals surface area contributed by atoms with E-state index in [9.17, 15) is 0 Å². The summed E-state index contributed by atoms with van der Waals surface area (Å²) in [5, 5.41) is 3.62. The number of nitrogens with one attached hydrogen (secondary N) is 1. The van der Waals surface area contributed by atoms with E-state index in [1.54, 1.807) is 4.88 Å². The molecule has 16 heavy (non-hydrogen) atoms. The Morgan fingerprint density at radius 2 is 2.12 bits per heavy atom. The summed E-state index contributed by atoms with van der Waals surface area (Å²) in [5.74, 6) is 0.824. The fourth-order valence-corrected chi connectivity index (χ4v) is 3.33. The minimum Gasteiger partial charge on any atom is -0.312 e. The van der Waals surface area contributed by atoms with Crippen LogP contribution in [0.25, 0.3) is 0 Å². The molecule has 0 amide bonds. The van der Waals surface area contributed by atoms with Crippen molar-refractivity contribution in [2.45, 2.75) is 52.0 Å². The van der Waals surface area contributed by atoms with Gasteiger partial charge in [0.2, 0.25) is 0 Å². The molecule has 2 unspecified atom stereocenters. The summed E-state index contributed by atoms with van der Waals surface area (Å²) < 4.78 is 0. The first-order valence-corrected chi connectivity index (χ1v) is 6.95. The van der Waals surface area contributed by atoms with Gasteiger partial charge in [0.1, 0.15) is 0 Å². The van der Waals surface area contributed by atoms with Crippen LogP contribution in [0.2, 0.25) is 0 Å². The van der Waals surface area contributed by atoms with Gasteiger partial charge in [-0.05, 0) is 58.7 Å². The van der Waals surface area contributed by atoms with Crippen molar-refractivity contribution < 1.29 is 0 Å². The summed E-state index contributed by atoms with van der Waals surface area (Å²) in [6, 6.07) is 4.56. The van der Waals surface area contributed by atoms with Gasteiger partial charge in [-0.2, -0.15) is 0 Å². The Morgan fingerprint density at radius 1 is 1.44 bits per heavy atom. The van der Waals surface area contributed by atoms with E-state index in [2.05, 4.69) is 52.1 Å². The van der Waals surface area contributed by atoms with Crippen molar-refractivity contribution in [3.63, 3.8) is 0 Å². The van der Waals surface area contributed by atoms with Gasteiger partial charge in [-0.3, -0.25) is 0 Å². The largest absolute Gasteiger partial charge is 0.312 e. The van der Waals surface area contributed by atoms with Crippen LogP contribution in [0.15, 0.2) is 12.1 Å². The fourth-order valence-electron chi connectivity index (χ4n) is 2.22. The van der Waals surface area contributed by atoms with Crippen LogP contribution >= 0.6 is 11.3 Å². The fraction of sp³-hybridized carbons (Fsp3) is 0.714. The maximum atomic E-state index is 3.62. The first-order valence-electron chi connectivity index (χ1n) is 6.13. The SMILES string of the molecule is Cc1ccc(C2(C)CC2CNC(C)(C)C)s1. The van der Waals surface area contributed by atoms with Gasteiger partial charge < -0.3 is 5.32 Å². The zero-order valence-corrected chi connectivity index (χ0v) is 11.9. The zero-order chi connectivity index (χ0) is 12.0. The lowest BCUT2D eigenvalue weighted by molar-refractivity contribution is 0.407. The van der Waals surface area contributed by atoms with Crippen molar-refractivity contribution in [1.29, 1.82) is 0 Å². The van der Waals surface area contributed by atoms with Crippen molar-refractivity contribution in [1.82, 2.24) is 5.32 Å². The smallest absolute Gasteiger partial charge is 0.0110 e. The molecule has 2 heteroatoms. The Bertz CT molecular complexity index is 374. The van der Waals surface area contributed by atoms with Gasteiger partial charge in [0.05, 0.1) is 0 Å². The van der Waals surface area contributed by atoms with Crippen LogP contribution in [0, 0.1) is 12.8 Å². The molecule has 1 nitrogen and oxygen atoms in total. The molecule has 0 aliphatic heterocycles. The van der Waals surface area contributed by atoms with E-state index in [4.69, 9.17) is 0 Å². The number of thiophene rings is 1. The molecule has 0 bridgehead atoms. The Morgan fingerprint density at radius 3 is 2.62 bits per heavy atom. The van der Waals surface area contributed by atoms with Gasteiger partial charge in [0.15, 0.2) is 0 Å². The summed E-state index contributed by atoms with van der Waals surface area (Å²) in [6.45, 7) is 12.5. The van der Waals surface area contributed by atoms with E-state index in [0.29, 0.717) is 5.41 Å². The molecular formula is C14H23NS. The maximum Gasteiger partial charge on any atom is 0.0110 e. The lowest BCUT2D eigenvalue weighted by Crippen LogP contribution is -2.37. The third-order valence-corrected chi connectivity index (χ3v) is 4.87. The third kappa shape index (κ3) is 2.49.